The lowest BCUT2D eigenvalue weighted by atomic mass is 10.3. The minimum atomic E-state index is 0.768. The lowest BCUT2D eigenvalue weighted by Gasteiger charge is -2.06. The van der Waals surface area contributed by atoms with E-state index in [1.165, 1.54) is 0 Å². The number of hydrogen-bond acceptors (Lipinski definition) is 2. The smallest absolute Gasteiger partial charge is 0.0639 e. The summed E-state index contributed by atoms with van der Waals surface area (Å²) in [6.45, 7) is 4.59. The van der Waals surface area contributed by atoms with Gasteiger partial charge in [-0.1, -0.05) is 22.9 Å². The molecule has 1 aromatic carbocycles. The molecular weight excluding hydrogens is 242 g/mol. The standard InChI is InChI=1S/C11H16BrNO/c1-2-8-14-9-7-13-11-5-3-10(12)4-6-11/h3-6,13H,2,7-9H2,1H3. The van der Waals surface area contributed by atoms with Gasteiger partial charge in [0.2, 0.25) is 0 Å². The largest absolute Gasteiger partial charge is 0.383 e. The second-order valence-corrected chi connectivity index (χ2v) is 3.96. The lowest BCUT2D eigenvalue weighted by Crippen LogP contribution is -2.09. The molecule has 0 saturated heterocycles. The Bertz CT molecular complexity index is 248. The van der Waals surface area contributed by atoms with Crippen molar-refractivity contribution in [2.24, 2.45) is 0 Å². The van der Waals surface area contributed by atoms with Gasteiger partial charge in [0, 0.05) is 23.3 Å². The first-order chi connectivity index (χ1) is 6.83. The Hall–Kier alpha value is -0.540. The number of nitrogens with one attached hydrogen (secondary N) is 1. The normalized spacial score (nSPS) is 10.1. The molecule has 0 fully saturated rings. The first-order valence-corrected chi connectivity index (χ1v) is 5.69. The van der Waals surface area contributed by atoms with Crippen LogP contribution in [0, 0.1) is 0 Å². The Morgan fingerprint density at radius 2 is 1.93 bits per heavy atom. The molecule has 0 unspecified atom stereocenters. The fraction of sp³-hybridized carbons (Fsp3) is 0.455. The molecule has 0 amide bonds. The number of hydrogen-bond donors (Lipinski definition) is 1. The van der Waals surface area contributed by atoms with Gasteiger partial charge in [0.05, 0.1) is 6.61 Å². The predicted molar refractivity (Wildman–Crippen MR) is 63.7 cm³/mol. The molecule has 14 heavy (non-hydrogen) atoms. The van der Waals surface area contributed by atoms with E-state index in [2.05, 4.69) is 28.2 Å². The molecule has 0 heterocycles. The van der Waals surface area contributed by atoms with Crippen molar-refractivity contribution in [1.82, 2.24) is 0 Å². The van der Waals surface area contributed by atoms with Crippen LogP contribution in [0.3, 0.4) is 0 Å². The van der Waals surface area contributed by atoms with Gasteiger partial charge >= 0.3 is 0 Å². The van der Waals surface area contributed by atoms with E-state index in [0.717, 1.165) is 36.3 Å². The number of anilines is 1. The average molecular weight is 258 g/mol. The third-order valence-electron chi connectivity index (χ3n) is 1.77. The summed E-state index contributed by atoms with van der Waals surface area (Å²) in [6.07, 6.45) is 1.08. The molecule has 0 spiro atoms. The highest BCUT2D eigenvalue weighted by atomic mass is 79.9. The van der Waals surface area contributed by atoms with E-state index in [-0.39, 0.29) is 0 Å². The van der Waals surface area contributed by atoms with Crippen molar-refractivity contribution in [2.75, 3.05) is 25.1 Å². The Morgan fingerprint density at radius 3 is 2.57 bits per heavy atom. The van der Waals surface area contributed by atoms with Gasteiger partial charge in [-0.2, -0.15) is 0 Å². The van der Waals surface area contributed by atoms with Crippen molar-refractivity contribution >= 4 is 21.6 Å². The highest BCUT2D eigenvalue weighted by Gasteiger charge is 1.91. The van der Waals surface area contributed by atoms with Gasteiger partial charge in [0.1, 0.15) is 0 Å². The molecule has 1 aromatic rings. The summed E-state index contributed by atoms with van der Waals surface area (Å²) in [7, 11) is 0. The van der Waals surface area contributed by atoms with E-state index in [4.69, 9.17) is 4.74 Å². The third-order valence-corrected chi connectivity index (χ3v) is 2.30. The van der Waals surface area contributed by atoms with Crippen LogP contribution in [0.25, 0.3) is 0 Å². The van der Waals surface area contributed by atoms with Crippen LogP contribution in [0.5, 0.6) is 0 Å². The first-order valence-electron chi connectivity index (χ1n) is 4.90. The average Bonchev–Trinajstić information content (AvgIpc) is 2.21. The zero-order chi connectivity index (χ0) is 10.2. The summed E-state index contributed by atoms with van der Waals surface area (Å²) in [6, 6.07) is 8.14. The van der Waals surface area contributed by atoms with Gasteiger partial charge in [-0.15, -0.1) is 0 Å². The highest BCUT2D eigenvalue weighted by molar-refractivity contribution is 9.10. The van der Waals surface area contributed by atoms with E-state index in [0.29, 0.717) is 0 Å². The van der Waals surface area contributed by atoms with Crippen molar-refractivity contribution in [3.05, 3.63) is 28.7 Å². The minimum Gasteiger partial charge on any atom is -0.383 e. The maximum atomic E-state index is 5.36. The van der Waals surface area contributed by atoms with Crippen LogP contribution in [-0.4, -0.2) is 19.8 Å². The summed E-state index contributed by atoms with van der Waals surface area (Å²) in [5, 5.41) is 3.28. The molecule has 1 rings (SSSR count). The molecular formula is C11H16BrNO. The van der Waals surface area contributed by atoms with Crippen LogP contribution in [0.2, 0.25) is 0 Å². The van der Waals surface area contributed by atoms with Gasteiger partial charge in [-0.25, -0.2) is 0 Å². The highest BCUT2D eigenvalue weighted by Crippen LogP contribution is 2.13. The number of halogens is 1. The first kappa shape index (κ1) is 11.5. The number of rotatable bonds is 6. The van der Waals surface area contributed by atoms with Gasteiger partial charge in [-0.3, -0.25) is 0 Å². The quantitative estimate of drug-likeness (QED) is 0.790. The second kappa shape index (κ2) is 6.85. The van der Waals surface area contributed by atoms with Crippen molar-refractivity contribution in [3.8, 4) is 0 Å². The second-order valence-electron chi connectivity index (χ2n) is 3.05. The van der Waals surface area contributed by atoms with Crippen LogP contribution >= 0.6 is 15.9 Å². The van der Waals surface area contributed by atoms with Crippen molar-refractivity contribution in [2.45, 2.75) is 13.3 Å². The summed E-state index contributed by atoms with van der Waals surface area (Å²) in [5.74, 6) is 0. The number of ether oxygens (including phenoxy) is 1. The molecule has 2 nitrogen and oxygen atoms in total. The molecule has 0 bridgehead atoms. The van der Waals surface area contributed by atoms with Gasteiger partial charge < -0.3 is 10.1 Å². The van der Waals surface area contributed by atoms with Crippen LogP contribution in [-0.2, 0) is 4.74 Å². The van der Waals surface area contributed by atoms with Gasteiger partial charge in [-0.05, 0) is 30.7 Å². The maximum Gasteiger partial charge on any atom is 0.0639 e. The Balaban J connectivity index is 2.15. The Labute approximate surface area is 93.8 Å². The fourth-order valence-electron chi connectivity index (χ4n) is 1.08. The van der Waals surface area contributed by atoms with E-state index >= 15 is 0 Å². The maximum absolute atomic E-state index is 5.36. The molecule has 78 valence electrons. The van der Waals surface area contributed by atoms with Crippen molar-refractivity contribution < 1.29 is 4.74 Å². The monoisotopic (exact) mass is 257 g/mol. The van der Waals surface area contributed by atoms with E-state index in [1.807, 2.05) is 24.3 Å². The van der Waals surface area contributed by atoms with Crippen molar-refractivity contribution in [3.63, 3.8) is 0 Å². The molecule has 0 radical (unpaired) electrons. The van der Waals surface area contributed by atoms with Crippen molar-refractivity contribution in [1.29, 1.82) is 0 Å². The molecule has 0 aliphatic heterocycles. The van der Waals surface area contributed by atoms with Gasteiger partial charge in [0.25, 0.3) is 0 Å². The van der Waals surface area contributed by atoms with Crippen LogP contribution < -0.4 is 5.32 Å². The Morgan fingerprint density at radius 1 is 1.21 bits per heavy atom. The Kier molecular flexibility index (Phi) is 5.64. The molecule has 0 aliphatic carbocycles. The van der Waals surface area contributed by atoms with E-state index in [9.17, 15) is 0 Å². The zero-order valence-electron chi connectivity index (χ0n) is 8.42. The molecule has 0 saturated carbocycles. The molecule has 0 atom stereocenters. The fourth-order valence-corrected chi connectivity index (χ4v) is 1.35. The third kappa shape index (κ3) is 4.63. The predicted octanol–water partition coefficient (Wildman–Crippen LogP) is 3.29. The van der Waals surface area contributed by atoms with Crippen LogP contribution in [0.1, 0.15) is 13.3 Å². The summed E-state index contributed by atoms with van der Waals surface area (Å²) in [4.78, 5) is 0. The van der Waals surface area contributed by atoms with E-state index in [1.54, 1.807) is 0 Å². The molecule has 1 N–H and O–H groups in total. The summed E-state index contributed by atoms with van der Waals surface area (Å²) < 4.78 is 6.46. The molecule has 0 aromatic heterocycles. The van der Waals surface area contributed by atoms with Crippen LogP contribution in [0.4, 0.5) is 5.69 Å². The molecule has 3 heteroatoms. The van der Waals surface area contributed by atoms with Gasteiger partial charge in [0.15, 0.2) is 0 Å². The topological polar surface area (TPSA) is 21.3 Å². The SMILES string of the molecule is CCCOCCNc1ccc(Br)cc1. The van der Waals surface area contributed by atoms with Crippen LogP contribution in [0.15, 0.2) is 28.7 Å². The minimum absolute atomic E-state index is 0.768. The zero-order valence-corrected chi connectivity index (χ0v) is 10.0. The molecule has 0 aliphatic rings. The lowest BCUT2D eigenvalue weighted by molar-refractivity contribution is 0.144. The number of benzene rings is 1. The summed E-state index contributed by atoms with van der Waals surface area (Å²) in [5.41, 5.74) is 1.13. The van der Waals surface area contributed by atoms with E-state index < -0.39 is 0 Å². The summed E-state index contributed by atoms with van der Waals surface area (Å²) >= 11 is 3.40.